The zero-order valence-corrected chi connectivity index (χ0v) is 12.8. The van der Waals surface area contributed by atoms with Gasteiger partial charge in [-0.1, -0.05) is 35.9 Å². The lowest BCUT2D eigenvalue weighted by molar-refractivity contribution is 0.271. The van der Waals surface area contributed by atoms with E-state index in [0.29, 0.717) is 12.0 Å². The van der Waals surface area contributed by atoms with Gasteiger partial charge in [-0.05, 0) is 61.1 Å². The van der Waals surface area contributed by atoms with E-state index in [9.17, 15) is 4.39 Å². The molecule has 0 spiro atoms. The summed E-state index contributed by atoms with van der Waals surface area (Å²) in [6.45, 7) is 2.13. The maximum absolute atomic E-state index is 12.9. The topological polar surface area (TPSA) is 12.0 Å². The normalized spacial score (nSPS) is 22.6. The van der Waals surface area contributed by atoms with E-state index in [-0.39, 0.29) is 11.9 Å². The molecule has 1 N–H and O–H groups in total. The molecular weight excluding hydrogens is 285 g/mol. The first kappa shape index (κ1) is 14.6. The molecule has 2 aromatic rings. The van der Waals surface area contributed by atoms with Crippen molar-refractivity contribution in [1.29, 1.82) is 0 Å². The van der Waals surface area contributed by atoms with Crippen LogP contribution in [-0.4, -0.2) is 6.04 Å². The summed E-state index contributed by atoms with van der Waals surface area (Å²) in [5, 5.41) is 4.40. The van der Waals surface area contributed by atoms with Gasteiger partial charge in [0.15, 0.2) is 0 Å². The van der Waals surface area contributed by atoms with Crippen LogP contribution in [0.1, 0.15) is 42.9 Å². The van der Waals surface area contributed by atoms with Gasteiger partial charge in [-0.15, -0.1) is 0 Å². The molecule has 0 aromatic heterocycles. The second kappa shape index (κ2) is 6.17. The van der Waals surface area contributed by atoms with Gasteiger partial charge in [-0.3, -0.25) is 0 Å². The van der Waals surface area contributed by atoms with Crippen molar-refractivity contribution in [2.24, 2.45) is 0 Å². The third-order valence-electron chi connectivity index (χ3n) is 4.34. The van der Waals surface area contributed by atoms with E-state index in [2.05, 4.69) is 24.4 Å². The minimum atomic E-state index is -0.183. The van der Waals surface area contributed by atoms with E-state index in [4.69, 9.17) is 11.6 Å². The highest BCUT2D eigenvalue weighted by molar-refractivity contribution is 6.30. The van der Waals surface area contributed by atoms with Gasteiger partial charge >= 0.3 is 0 Å². The molecule has 21 heavy (non-hydrogen) atoms. The van der Waals surface area contributed by atoms with Crippen LogP contribution >= 0.6 is 11.6 Å². The summed E-state index contributed by atoms with van der Waals surface area (Å²) >= 11 is 5.91. The van der Waals surface area contributed by atoms with Gasteiger partial charge in [0.1, 0.15) is 5.82 Å². The molecule has 0 saturated heterocycles. The van der Waals surface area contributed by atoms with Crippen LogP contribution in [0.5, 0.6) is 0 Å². The summed E-state index contributed by atoms with van der Waals surface area (Å²) in [6, 6.07) is 15.7. The van der Waals surface area contributed by atoms with Crippen molar-refractivity contribution in [3.05, 3.63) is 70.5 Å². The Morgan fingerprint density at radius 3 is 2.29 bits per heavy atom. The van der Waals surface area contributed by atoms with Crippen LogP contribution < -0.4 is 5.32 Å². The molecular formula is C18H19ClFN. The van der Waals surface area contributed by atoms with Gasteiger partial charge in [0, 0.05) is 17.1 Å². The first-order valence-corrected chi connectivity index (χ1v) is 7.76. The summed E-state index contributed by atoms with van der Waals surface area (Å²) in [6.07, 6.45) is 2.29. The summed E-state index contributed by atoms with van der Waals surface area (Å²) in [4.78, 5) is 0. The van der Waals surface area contributed by atoms with E-state index in [1.54, 1.807) is 0 Å². The number of hydrogen-bond acceptors (Lipinski definition) is 1. The maximum Gasteiger partial charge on any atom is 0.123 e. The molecule has 1 aliphatic rings. The zero-order chi connectivity index (χ0) is 14.8. The summed E-state index contributed by atoms with van der Waals surface area (Å²) < 4.78 is 12.9. The fourth-order valence-electron chi connectivity index (χ4n) is 2.96. The van der Waals surface area contributed by atoms with Crippen molar-refractivity contribution < 1.29 is 4.39 Å². The number of benzene rings is 2. The van der Waals surface area contributed by atoms with Crippen LogP contribution in [-0.2, 0) is 0 Å². The molecule has 1 atom stereocenters. The number of rotatable bonds is 4. The van der Waals surface area contributed by atoms with Crippen LogP contribution in [0, 0.1) is 5.82 Å². The van der Waals surface area contributed by atoms with Crippen LogP contribution in [0.4, 0.5) is 4.39 Å². The van der Waals surface area contributed by atoms with Crippen molar-refractivity contribution in [3.63, 3.8) is 0 Å². The number of halogens is 2. The summed E-state index contributed by atoms with van der Waals surface area (Å²) in [5.74, 6) is 0.442. The summed E-state index contributed by atoms with van der Waals surface area (Å²) in [5.41, 5.74) is 2.50. The average Bonchev–Trinajstić information content (AvgIpc) is 2.44. The SMILES string of the molecule is C[C@H](NC1CC(c2ccc(Cl)cc2)C1)c1ccc(F)cc1. The Morgan fingerprint density at radius 2 is 1.67 bits per heavy atom. The minimum absolute atomic E-state index is 0.183. The first-order valence-electron chi connectivity index (χ1n) is 7.39. The van der Waals surface area contributed by atoms with Crippen LogP contribution in [0.15, 0.2) is 48.5 Å². The molecule has 1 aliphatic carbocycles. The molecule has 3 rings (SSSR count). The molecule has 1 nitrogen and oxygen atoms in total. The van der Waals surface area contributed by atoms with Crippen molar-refractivity contribution in [2.45, 2.75) is 37.8 Å². The predicted molar refractivity (Wildman–Crippen MR) is 85.2 cm³/mol. The highest BCUT2D eigenvalue weighted by Crippen LogP contribution is 2.38. The molecule has 0 amide bonds. The molecule has 110 valence electrons. The monoisotopic (exact) mass is 303 g/mol. The molecule has 3 heteroatoms. The standard InChI is InChI=1S/C18H19ClFN/c1-12(13-4-8-17(20)9-5-13)21-18-10-15(11-18)14-2-6-16(19)7-3-14/h2-9,12,15,18,21H,10-11H2,1H3/t12-,15?,18?/m0/s1. The fourth-order valence-corrected chi connectivity index (χ4v) is 3.09. The molecule has 0 bridgehead atoms. The van der Waals surface area contributed by atoms with Crippen LogP contribution in [0.3, 0.4) is 0 Å². The zero-order valence-electron chi connectivity index (χ0n) is 12.0. The Bertz CT molecular complexity index is 588. The average molecular weight is 304 g/mol. The lowest BCUT2D eigenvalue weighted by atomic mass is 9.75. The van der Waals surface area contributed by atoms with E-state index in [1.807, 2.05) is 24.3 Å². The third-order valence-corrected chi connectivity index (χ3v) is 4.59. The Balaban J connectivity index is 1.52. The van der Waals surface area contributed by atoms with Crippen molar-refractivity contribution >= 4 is 11.6 Å². The van der Waals surface area contributed by atoms with Crippen molar-refractivity contribution in [1.82, 2.24) is 5.32 Å². The molecule has 0 unspecified atom stereocenters. The van der Waals surface area contributed by atoms with E-state index >= 15 is 0 Å². The lowest BCUT2D eigenvalue weighted by Crippen LogP contribution is -2.41. The maximum atomic E-state index is 12.9. The lowest BCUT2D eigenvalue weighted by Gasteiger charge is -2.38. The molecule has 0 radical (unpaired) electrons. The van der Waals surface area contributed by atoms with Crippen LogP contribution in [0.2, 0.25) is 5.02 Å². The highest BCUT2D eigenvalue weighted by Gasteiger charge is 2.30. The second-order valence-corrected chi connectivity index (χ2v) is 6.29. The van der Waals surface area contributed by atoms with Gasteiger partial charge < -0.3 is 5.32 Å². The van der Waals surface area contributed by atoms with Crippen molar-refractivity contribution in [3.8, 4) is 0 Å². The predicted octanol–water partition coefficient (Wildman–Crippen LogP) is 5.08. The Morgan fingerprint density at radius 1 is 1.05 bits per heavy atom. The van der Waals surface area contributed by atoms with Gasteiger partial charge in [-0.25, -0.2) is 4.39 Å². The molecule has 0 heterocycles. The Hall–Kier alpha value is -1.38. The first-order chi connectivity index (χ1) is 10.1. The number of nitrogens with one attached hydrogen (secondary N) is 1. The van der Waals surface area contributed by atoms with E-state index in [0.717, 1.165) is 23.4 Å². The van der Waals surface area contributed by atoms with Crippen LogP contribution in [0.25, 0.3) is 0 Å². The summed E-state index contributed by atoms with van der Waals surface area (Å²) in [7, 11) is 0. The van der Waals surface area contributed by atoms with Crippen molar-refractivity contribution in [2.75, 3.05) is 0 Å². The smallest absolute Gasteiger partial charge is 0.123 e. The molecule has 1 fully saturated rings. The van der Waals surface area contributed by atoms with Gasteiger partial charge in [0.25, 0.3) is 0 Å². The third kappa shape index (κ3) is 3.45. The molecule has 0 aliphatic heterocycles. The van der Waals surface area contributed by atoms with Gasteiger partial charge in [0.2, 0.25) is 0 Å². The molecule has 1 saturated carbocycles. The number of hydrogen-bond donors (Lipinski definition) is 1. The van der Waals surface area contributed by atoms with E-state index in [1.165, 1.54) is 17.7 Å². The molecule has 2 aromatic carbocycles. The second-order valence-electron chi connectivity index (χ2n) is 5.86. The van der Waals surface area contributed by atoms with Gasteiger partial charge in [0.05, 0.1) is 0 Å². The van der Waals surface area contributed by atoms with Gasteiger partial charge in [-0.2, -0.15) is 0 Å². The Labute approximate surface area is 130 Å². The quantitative estimate of drug-likeness (QED) is 0.831. The Kier molecular flexibility index (Phi) is 4.27. The highest BCUT2D eigenvalue weighted by atomic mass is 35.5. The van der Waals surface area contributed by atoms with E-state index < -0.39 is 0 Å². The minimum Gasteiger partial charge on any atom is -0.307 e. The fraction of sp³-hybridized carbons (Fsp3) is 0.333. The largest absolute Gasteiger partial charge is 0.307 e.